The zero-order valence-corrected chi connectivity index (χ0v) is 11.8. The number of aromatic carboxylic acids is 1. The van der Waals surface area contributed by atoms with Gasteiger partial charge in [-0.3, -0.25) is 0 Å². The molecule has 0 spiro atoms. The van der Waals surface area contributed by atoms with Crippen LogP contribution in [0.15, 0.2) is 16.3 Å². The molecule has 1 aliphatic carbocycles. The molecule has 2 rings (SSSR count). The van der Waals surface area contributed by atoms with Gasteiger partial charge in [0.05, 0.1) is 6.10 Å². The molecule has 100 valence electrons. The second-order valence-corrected chi connectivity index (χ2v) is 6.81. The number of aliphatic hydroxyl groups excluding tert-OH is 1. The molecule has 1 saturated carbocycles. The lowest BCUT2D eigenvalue weighted by molar-refractivity contribution is 0.0702. The number of thioether (sulfide) groups is 1. The van der Waals surface area contributed by atoms with E-state index in [1.165, 1.54) is 37.0 Å². The number of carboxylic acids is 1. The zero-order chi connectivity index (χ0) is 13.0. The summed E-state index contributed by atoms with van der Waals surface area (Å²) in [5.74, 6) is 0.475. The number of hydrogen-bond acceptors (Lipinski definition) is 4. The van der Waals surface area contributed by atoms with Crippen molar-refractivity contribution >= 4 is 29.1 Å². The average Bonchev–Trinajstić information content (AvgIpc) is 2.96. The van der Waals surface area contributed by atoms with Crippen molar-refractivity contribution in [3.05, 3.63) is 16.3 Å². The zero-order valence-electron chi connectivity index (χ0n) is 10.2. The van der Waals surface area contributed by atoms with Crippen molar-refractivity contribution in [2.24, 2.45) is 5.92 Å². The van der Waals surface area contributed by atoms with Crippen molar-refractivity contribution in [2.75, 3.05) is 5.75 Å². The maximum Gasteiger partial charge on any atom is 0.345 e. The third-order valence-corrected chi connectivity index (χ3v) is 5.50. The molecule has 1 aliphatic rings. The van der Waals surface area contributed by atoms with E-state index in [0.717, 1.165) is 11.3 Å². The van der Waals surface area contributed by atoms with E-state index in [9.17, 15) is 9.90 Å². The fraction of sp³-hybridized carbons (Fsp3) is 0.615. The van der Waals surface area contributed by atoms with Crippen molar-refractivity contribution in [1.82, 2.24) is 0 Å². The van der Waals surface area contributed by atoms with Crippen LogP contribution in [0.2, 0.25) is 0 Å². The van der Waals surface area contributed by atoms with Gasteiger partial charge in [0.1, 0.15) is 4.88 Å². The molecule has 1 fully saturated rings. The topological polar surface area (TPSA) is 57.5 Å². The lowest BCUT2D eigenvalue weighted by atomic mass is 10.0. The van der Waals surface area contributed by atoms with Gasteiger partial charge in [-0.2, -0.15) is 0 Å². The first-order chi connectivity index (χ1) is 8.65. The Balaban J connectivity index is 1.74. The maximum absolute atomic E-state index is 10.7. The highest BCUT2D eigenvalue weighted by Gasteiger charge is 2.19. The molecule has 0 amide bonds. The van der Waals surface area contributed by atoms with Crippen LogP contribution < -0.4 is 0 Å². The van der Waals surface area contributed by atoms with Crippen LogP contribution in [0.4, 0.5) is 0 Å². The summed E-state index contributed by atoms with van der Waals surface area (Å²) < 4.78 is 0. The minimum Gasteiger partial charge on any atom is -0.477 e. The third-order valence-electron chi connectivity index (χ3n) is 3.31. The molecule has 1 heterocycles. The van der Waals surface area contributed by atoms with E-state index in [1.807, 2.05) is 5.38 Å². The Hall–Kier alpha value is -0.520. The molecular formula is C13H18O3S2. The number of thiophene rings is 1. The second-order valence-electron chi connectivity index (χ2n) is 4.80. The van der Waals surface area contributed by atoms with E-state index in [1.54, 1.807) is 17.8 Å². The van der Waals surface area contributed by atoms with Crippen LogP contribution >= 0.6 is 23.1 Å². The summed E-state index contributed by atoms with van der Waals surface area (Å²) in [6.07, 6.45) is 5.73. The Morgan fingerprint density at radius 1 is 1.50 bits per heavy atom. The summed E-state index contributed by atoms with van der Waals surface area (Å²) in [6, 6.07) is 1.68. The van der Waals surface area contributed by atoms with E-state index >= 15 is 0 Å². The van der Waals surface area contributed by atoms with Gasteiger partial charge in [0, 0.05) is 16.0 Å². The lowest BCUT2D eigenvalue weighted by Crippen LogP contribution is -2.14. The number of hydrogen-bond donors (Lipinski definition) is 2. The van der Waals surface area contributed by atoms with Crippen molar-refractivity contribution in [2.45, 2.75) is 43.1 Å². The van der Waals surface area contributed by atoms with Gasteiger partial charge in [-0.05, 0) is 18.4 Å². The minimum absolute atomic E-state index is 0.272. The van der Waals surface area contributed by atoms with Crippen molar-refractivity contribution in [3.63, 3.8) is 0 Å². The third kappa shape index (κ3) is 4.00. The summed E-state index contributed by atoms with van der Waals surface area (Å²) in [4.78, 5) is 12.0. The Morgan fingerprint density at radius 2 is 2.22 bits per heavy atom. The van der Waals surface area contributed by atoms with Gasteiger partial charge < -0.3 is 10.2 Å². The Kier molecular flexibility index (Phi) is 5.09. The van der Waals surface area contributed by atoms with Crippen LogP contribution in [0.1, 0.15) is 41.8 Å². The monoisotopic (exact) mass is 286 g/mol. The molecule has 1 atom stereocenters. The molecule has 2 N–H and O–H groups in total. The van der Waals surface area contributed by atoms with Crippen molar-refractivity contribution < 1.29 is 15.0 Å². The first-order valence-corrected chi connectivity index (χ1v) is 8.14. The predicted octanol–water partition coefficient (Wildman–Crippen LogP) is 3.48. The lowest BCUT2D eigenvalue weighted by Gasteiger charge is -2.14. The van der Waals surface area contributed by atoms with Crippen LogP contribution in [0.25, 0.3) is 0 Å². The Morgan fingerprint density at radius 3 is 2.83 bits per heavy atom. The quantitative estimate of drug-likeness (QED) is 0.786. The van der Waals surface area contributed by atoms with E-state index < -0.39 is 5.97 Å². The fourth-order valence-corrected chi connectivity index (χ4v) is 4.22. The summed E-state index contributed by atoms with van der Waals surface area (Å²) in [5, 5.41) is 20.6. The molecule has 0 aliphatic heterocycles. The van der Waals surface area contributed by atoms with E-state index in [4.69, 9.17) is 5.11 Å². The molecular weight excluding hydrogens is 268 g/mol. The van der Waals surface area contributed by atoms with Gasteiger partial charge in [0.2, 0.25) is 0 Å². The fourth-order valence-electron chi connectivity index (χ4n) is 2.40. The van der Waals surface area contributed by atoms with E-state index in [0.29, 0.717) is 16.5 Å². The smallest absolute Gasteiger partial charge is 0.345 e. The summed E-state index contributed by atoms with van der Waals surface area (Å²) in [6.45, 7) is 0. The van der Waals surface area contributed by atoms with Crippen LogP contribution in [0, 0.1) is 5.92 Å². The molecule has 18 heavy (non-hydrogen) atoms. The predicted molar refractivity (Wildman–Crippen MR) is 74.6 cm³/mol. The summed E-state index contributed by atoms with van der Waals surface area (Å²) in [7, 11) is 0. The molecule has 0 bridgehead atoms. The summed E-state index contributed by atoms with van der Waals surface area (Å²) in [5.41, 5.74) is 0. The van der Waals surface area contributed by atoms with Crippen LogP contribution in [-0.2, 0) is 0 Å². The molecule has 3 nitrogen and oxygen atoms in total. The largest absolute Gasteiger partial charge is 0.477 e. The van der Waals surface area contributed by atoms with Gasteiger partial charge in [0.15, 0.2) is 0 Å². The molecule has 0 saturated heterocycles. The Labute approximate surface area is 115 Å². The average molecular weight is 286 g/mol. The van der Waals surface area contributed by atoms with Gasteiger partial charge in [-0.1, -0.05) is 25.7 Å². The van der Waals surface area contributed by atoms with Crippen molar-refractivity contribution in [3.8, 4) is 0 Å². The molecule has 1 unspecified atom stereocenters. The highest BCUT2D eigenvalue weighted by molar-refractivity contribution is 7.99. The van der Waals surface area contributed by atoms with Gasteiger partial charge in [-0.15, -0.1) is 23.1 Å². The molecule has 1 aromatic heterocycles. The summed E-state index contributed by atoms with van der Waals surface area (Å²) >= 11 is 2.79. The van der Waals surface area contributed by atoms with E-state index in [2.05, 4.69) is 0 Å². The molecule has 5 heteroatoms. The normalized spacial score (nSPS) is 18.1. The van der Waals surface area contributed by atoms with Gasteiger partial charge in [-0.25, -0.2) is 4.79 Å². The standard InChI is InChI=1S/C13H18O3S2/c14-10(5-9-3-1-2-4-9)7-17-11-6-12(13(15)16)18-8-11/h6,8-10,14H,1-5,7H2,(H,15,16). The SMILES string of the molecule is O=C(O)c1cc(SCC(O)CC2CCCC2)cs1. The van der Waals surface area contributed by atoms with Gasteiger partial charge >= 0.3 is 5.97 Å². The number of carboxylic acid groups (broad SMARTS) is 1. The first kappa shape index (κ1) is 13.9. The Bertz CT molecular complexity index is 397. The molecule has 0 radical (unpaired) electrons. The highest BCUT2D eigenvalue weighted by Crippen LogP contribution is 2.31. The number of aliphatic hydroxyl groups is 1. The number of carbonyl (C=O) groups is 1. The molecule has 1 aromatic rings. The van der Waals surface area contributed by atoms with E-state index in [-0.39, 0.29) is 6.10 Å². The van der Waals surface area contributed by atoms with Crippen LogP contribution in [0.5, 0.6) is 0 Å². The van der Waals surface area contributed by atoms with Crippen molar-refractivity contribution in [1.29, 1.82) is 0 Å². The number of rotatable bonds is 6. The minimum atomic E-state index is -0.877. The maximum atomic E-state index is 10.7. The van der Waals surface area contributed by atoms with Gasteiger partial charge in [0.25, 0.3) is 0 Å². The second kappa shape index (κ2) is 6.59. The molecule has 0 aromatic carbocycles. The first-order valence-electron chi connectivity index (χ1n) is 6.28. The van der Waals surface area contributed by atoms with Crippen LogP contribution in [0.3, 0.4) is 0 Å². The van der Waals surface area contributed by atoms with Crippen LogP contribution in [-0.4, -0.2) is 28.0 Å². The highest BCUT2D eigenvalue weighted by atomic mass is 32.2.